The van der Waals surface area contributed by atoms with E-state index >= 15 is 0 Å². The van der Waals surface area contributed by atoms with Gasteiger partial charge in [0.1, 0.15) is 17.8 Å². The molecule has 1 aromatic heterocycles. The quantitative estimate of drug-likeness (QED) is 0.592. The maximum atomic E-state index is 13.1. The Labute approximate surface area is 123 Å². The molecule has 0 saturated carbocycles. The van der Waals surface area contributed by atoms with E-state index in [0.29, 0.717) is 11.3 Å². The van der Waals surface area contributed by atoms with Crippen LogP contribution in [-0.2, 0) is 11.2 Å². The number of carbonyl (C=O) groups excluding carboxylic acids is 1. The number of aromatic nitrogens is 1. The summed E-state index contributed by atoms with van der Waals surface area (Å²) in [7, 11) is 0. The van der Waals surface area contributed by atoms with Crippen LogP contribution in [0.1, 0.15) is 41.3 Å². The number of nitrogens with zero attached hydrogens (tertiary/aromatic N) is 1. The van der Waals surface area contributed by atoms with Crippen LogP contribution in [0.4, 0.5) is 4.39 Å². The van der Waals surface area contributed by atoms with Crippen LogP contribution < -0.4 is 0 Å². The van der Waals surface area contributed by atoms with E-state index in [4.69, 9.17) is 0 Å². The van der Waals surface area contributed by atoms with Gasteiger partial charge in [0.2, 0.25) is 0 Å². The predicted octanol–water partition coefficient (Wildman–Crippen LogP) is 3.24. The summed E-state index contributed by atoms with van der Waals surface area (Å²) in [4.78, 5) is 15.6. The maximum absolute atomic E-state index is 13.1. The molecule has 0 bridgehead atoms. The molecule has 0 N–H and O–H groups in total. The summed E-state index contributed by atoms with van der Waals surface area (Å²) in [6.07, 6.45) is 3.75. The molecule has 1 heterocycles. The fourth-order valence-electron chi connectivity index (χ4n) is 2.61. The van der Waals surface area contributed by atoms with Gasteiger partial charge in [0.25, 0.3) is 0 Å². The van der Waals surface area contributed by atoms with Crippen molar-refractivity contribution in [1.82, 2.24) is 4.98 Å². The summed E-state index contributed by atoms with van der Waals surface area (Å²) in [5.41, 5.74) is 3.27. The number of carbonyl (C=O) groups is 1. The average Bonchev–Trinajstić information content (AvgIpc) is 2.52. The molecule has 1 aliphatic carbocycles. The highest BCUT2D eigenvalue weighted by molar-refractivity contribution is 5.63. The molecule has 0 fully saturated rings. The van der Waals surface area contributed by atoms with Gasteiger partial charge in [0, 0.05) is 17.2 Å². The second-order valence-corrected chi connectivity index (χ2v) is 5.13. The van der Waals surface area contributed by atoms with Crippen LogP contribution >= 0.6 is 0 Å². The predicted molar refractivity (Wildman–Crippen MR) is 78.4 cm³/mol. The Morgan fingerprint density at radius 1 is 1.24 bits per heavy atom. The van der Waals surface area contributed by atoms with Crippen molar-refractivity contribution >= 4 is 6.29 Å². The summed E-state index contributed by atoms with van der Waals surface area (Å²) in [5, 5.41) is 0. The van der Waals surface area contributed by atoms with Gasteiger partial charge in [-0.05, 0) is 55.0 Å². The van der Waals surface area contributed by atoms with Crippen LogP contribution in [0.25, 0.3) is 0 Å². The molecule has 21 heavy (non-hydrogen) atoms. The first-order valence-corrected chi connectivity index (χ1v) is 6.99. The molecular formula is C18H14FNO. The molecule has 2 nitrogen and oxygen atoms in total. The molecule has 0 saturated heterocycles. The number of hydrogen-bond donors (Lipinski definition) is 0. The van der Waals surface area contributed by atoms with Crippen LogP contribution in [0.5, 0.6) is 0 Å². The van der Waals surface area contributed by atoms with Crippen molar-refractivity contribution < 1.29 is 9.18 Å². The van der Waals surface area contributed by atoms with Crippen molar-refractivity contribution in [2.45, 2.75) is 25.2 Å². The number of aryl methyl sites for hydroxylation is 1. The maximum Gasteiger partial charge on any atom is 0.127 e. The smallest absolute Gasteiger partial charge is 0.127 e. The molecule has 3 heteroatoms. The van der Waals surface area contributed by atoms with Crippen molar-refractivity contribution in [3.8, 4) is 11.8 Å². The average molecular weight is 279 g/mol. The second kappa shape index (κ2) is 5.88. The van der Waals surface area contributed by atoms with Gasteiger partial charge >= 0.3 is 0 Å². The van der Waals surface area contributed by atoms with Gasteiger partial charge in [-0.1, -0.05) is 18.1 Å². The zero-order valence-corrected chi connectivity index (χ0v) is 11.5. The molecule has 2 aromatic rings. The largest absolute Gasteiger partial charge is 0.303 e. The highest BCUT2D eigenvalue weighted by Crippen LogP contribution is 2.28. The Hall–Kier alpha value is -2.47. The van der Waals surface area contributed by atoms with Gasteiger partial charge in [-0.25, -0.2) is 9.37 Å². The third kappa shape index (κ3) is 3.00. The molecule has 1 unspecified atom stereocenters. The number of hydrogen-bond acceptors (Lipinski definition) is 2. The molecule has 1 aliphatic rings. The van der Waals surface area contributed by atoms with Crippen LogP contribution in [0.2, 0.25) is 0 Å². The highest BCUT2D eigenvalue weighted by atomic mass is 19.1. The van der Waals surface area contributed by atoms with Crippen molar-refractivity contribution in [1.29, 1.82) is 0 Å². The topological polar surface area (TPSA) is 30.0 Å². The van der Waals surface area contributed by atoms with Crippen LogP contribution in [0, 0.1) is 17.7 Å². The summed E-state index contributed by atoms with van der Waals surface area (Å²) in [5.74, 6) is 5.53. The normalized spacial score (nSPS) is 16.5. The van der Waals surface area contributed by atoms with Crippen molar-refractivity contribution in [3.63, 3.8) is 0 Å². The number of rotatable bonds is 1. The summed E-state index contributed by atoms with van der Waals surface area (Å²) in [6.45, 7) is 0. The first-order chi connectivity index (χ1) is 10.3. The molecule has 0 amide bonds. The van der Waals surface area contributed by atoms with Gasteiger partial charge in [-0.15, -0.1) is 0 Å². The lowest BCUT2D eigenvalue weighted by atomic mass is 9.86. The lowest BCUT2D eigenvalue weighted by Crippen LogP contribution is -2.12. The van der Waals surface area contributed by atoms with Crippen LogP contribution in [0.15, 0.2) is 36.4 Å². The van der Waals surface area contributed by atoms with E-state index in [2.05, 4.69) is 16.8 Å². The van der Waals surface area contributed by atoms with E-state index in [0.717, 1.165) is 36.8 Å². The molecule has 3 rings (SSSR count). The Balaban J connectivity index is 1.90. The van der Waals surface area contributed by atoms with Gasteiger partial charge in [-0.2, -0.15) is 0 Å². The zero-order valence-electron chi connectivity index (χ0n) is 11.5. The summed E-state index contributed by atoms with van der Waals surface area (Å²) >= 11 is 0. The molecule has 1 atom stereocenters. The number of aldehydes is 1. The van der Waals surface area contributed by atoms with Gasteiger partial charge in [0.05, 0.1) is 0 Å². The van der Waals surface area contributed by atoms with Crippen molar-refractivity contribution in [3.05, 3.63) is 64.7 Å². The fraction of sp³-hybridized carbons (Fsp3) is 0.222. The third-order valence-electron chi connectivity index (χ3n) is 3.66. The lowest BCUT2D eigenvalue weighted by molar-refractivity contribution is -0.109. The third-order valence-corrected chi connectivity index (χ3v) is 3.66. The number of pyridine rings is 1. The van der Waals surface area contributed by atoms with E-state index in [1.165, 1.54) is 12.1 Å². The second-order valence-electron chi connectivity index (χ2n) is 5.13. The highest BCUT2D eigenvalue weighted by Gasteiger charge is 2.20. The summed E-state index contributed by atoms with van der Waals surface area (Å²) in [6, 6.07) is 9.95. The van der Waals surface area contributed by atoms with Crippen molar-refractivity contribution in [2.24, 2.45) is 0 Å². The molecule has 1 aromatic carbocycles. The molecular weight excluding hydrogens is 265 g/mol. The first-order valence-electron chi connectivity index (χ1n) is 6.99. The number of halogens is 1. The molecule has 0 aliphatic heterocycles. The van der Waals surface area contributed by atoms with Gasteiger partial charge in [0.15, 0.2) is 0 Å². The van der Waals surface area contributed by atoms with E-state index < -0.39 is 0 Å². The van der Waals surface area contributed by atoms with Crippen LogP contribution in [-0.4, -0.2) is 11.3 Å². The summed E-state index contributed by atoms with van der Waals surface area (Å²) < 4.78 is 13.1. The molecule has 0 radical (unpaired) electrons. The number of fused-ring (bicyclic) bond motifs is 1. The van der Waals surface area contributed by atoms with Gasteiger partial charge in [-0.3, -0.25) is 0 Å². The Bertz CT molecular complexity index is 742. The molecule has 0 spiro atoms. The standard InChI is InChI=1S/C18H14FNO/c19-15-5-1-3-13(11-15)7-8-16-9-10-17-14(12-21)4-2-6-18(17)20-16/h1,3,5,9-12,14H,2,4,6H2. The Kier molecular flexibility index (Phi) is 3.79. The Morgan fingerprint density at radius 2 is 2.14 bits per heavy atom. The van der Waals surface area contributed by atoms with Crippen molar-refractivity contribution in [2.75, 3.05) is 0 Å². The minimum atomic E-state index is -0.297. The minimum absolute atomic E-state index is 0.0357. The van der Waals surface area contributed by atoms with E-state index in [1.807, 2.05) is 12.1 Å². The minimum Gasteiger partial charge on any atom is -0.303 e. The zero-order chi connectivity index (χ0) is 14.7. The van der Waals surface area contributed by atoms with Gasteiger partial charge < -0.3 is 4.79 Å². The number of benzene rings is 1. The molecule has 104 valence electrons. The first kappa shape index (κ1) is 13.5. The fourth-order valence-corrected chi connectivity index (χ4v) is 2.61. The van der Waals surface area contributed by atoms with Crippen LogP contribution in [0.3, 0.4) is 0 Å². The SMILES string of the molecule is O=CC1CCCc2nc(C#Cc3cccc(F)c3)ccc21. The lowest BCUT2D eigenvalue weighted by Gasteiger charge is -2.20. The van der Waals surface area contributed by atoms with E-state index in [-0.39, 0.29) is 11.7 Å². The van der Waals surface area contributed by atoms with E-state index in [1.54, 1.807) is 12.1 Å². The Morgan fingerprint density at radius 3 is 2.95 bits per heavy atom. The van der Waals surface area contributed by atoms with E-state index in [9.17, 15) is 9.18 Å². The monoisotopic (exact) mass is 279 g/mol.